The number of ether oxygens (including phenoxy) is 1. The highest BCUT2D eigenvalue weighted by Gasteiger charge is 2.32. The van der Waals surface area contributed by atoms with Crippen molar-refractivity contribution < 1.29 is 6.11 Å². The summed E-state index contributed by atoms with van der Waals surface area (Å²) >= 11 is 0. The fourth-order valence-corrected chi connectivity index (χ4v) is 5.39. The summed E-state index contributed by atoms with van der Waals surface area (Å²) in [5.74, 6) is 1.76. The molecule has 3 aromatic rings. The summed E-state index contributed by atoms with van der Waals surface area (Å²) in [6.45, 7) is 4.92. The Labute approximate surface area is 205 Å². The molecule has 7 heteroatoms. The summed E-state index contributed by atoms with van der Waals surface area (Å²) in [6, 6.07) is 19.6. The van der Waals surface area contributed by atoms with Crippen molar-refractivity contribution in [2.45, 2.75) is 58.1 Å². The summed E-state index contributed by atoms with van der Waals surface area (Å²) in [7, 11) is 2.96. The summed E-state index contributed by atoms with van der Waals surface area (Å²) in [4.78, 5) is 5.27. The number of tetrazole rings is 1. The van der Waals surface area contributed by atoms with Crippen molar-refractivity contribution in [1.82, 2.24) is 30.0 Å². The van der Waals surface area contributed by atoms with Gasteiger partial charge in [0.2, 0.25) is 0 Å². The van der Waals surface area contributed by atoms with Gasteiger partial charge in [-0.15, -0.1) is 5.10 Å². The van der Waals surface area contributed by atoms with Crippen LogP contribution in [-0.4, -0.2) is 69.3 Å². The Morgan fingerprint density at radius 3 is 2.35 bits per heavy atom. The van der Waals surface area contributed by atoms with Crippen LogP contribution in [0.2, 0.25) is 0 Å². The van der Waals surface area contributed by atoms with Gasteiger partial charge in [-0.25, -0.2) is 4.68 Å². The van der Waals surface area contributed by atoms with Gasteiger partial charge >= 0.3 is 0 Å². The maximum Gasteiger partial charge on any atom is 0.173 e. The van der Waals surface area contributed by atoms with Gasteiger partial charge in [-0.05, 0) is 46.5 Å². The first kappa shape index (κ1) is 23.0. The van der Waals surface area contributed by atoms with Crippen LogP contribution in [-0.2, 0) is 6.54 Å². The van der Waals surface area contributed by atoms with E-state index in [1.165, 1.54) is 50.6 Å². The lowest BCUT2D eigenvalue weighted by Gasteiger charge is -2.43. The van der Waals surface area contributed by atoms with Gasteiger partial charge < -0.3 is 4.74 Å². The maximum atomic E-state index is 5.75. The van der Waals surface area contributed by atoms with E-state index in [-0.39, 0.29) is 6.04 Å². The molecule has 2 aliphatic rings. The molecule has 5 rings (SSSR count). The summed E-state index contributed by atoms with van der Waals surface area (Å²) in [5.41, 5.74) is 2.40. The van der Waals surface area contributed by atoms with E-state index in [0.717, 1.165) is 43.8 Å². The Balaban J connectivity index is 0.00000141. The van der Waals surface area contributed by atoms with E-state index < -0.39 is 0 Å². The SMILES string of the molecule is COc1ccc(C(c2nnnn2Cc2ccccc2)N2CCN(C3CCCCC3)CC2)cc1.[2H]C. The minimum absolute atomic E-state index is 0.0168. The van der Waals surface area contributed by atoms with Crippen LogP contribution in [0.15, 0.2) is 54.6 Å². The number of hydrogen-bond donors (Lipinski definition) is 0. The summed E-state index contributed by atoms with van der Waals surface area (Å²) in [5, 5.41) is 13.0. The topological polar surface area (TPSA) is 59.3 Å². The molecule has 182 valence electrons. The van der Waals surface area contributed by atoms with Crippen molar-refractivity contribution in [3.8, 4) is 5.75 Å². The molecule has 2 fully saturated rings. The van der Waals surface area contributed by atoms with Gasteiger partial charge in [-0.3, -0.25) is 9.80 Å². The predicted molar refractivity (Wildman–Crippen MR) is 135 cm³/mol. The van der Waals surface area contributed by atoms with Gasteiger partial charge in [0.15, 0.2) is 5.82 Å². The zero-order valence-corrected chi connectivity index (χ0v) is 20.5. The van der Waals surface area contributed by atoms with E-state index in [9.17, 15) is 0 Å². The highest BCUT2D eigenvalue weighted by molar-refractivity contribution is 5.32. The Hall–Kier alpha value is -2.77. The molecule has 1 aliphatic heterocycles. The molecule has 0 N–H and O–H groups in total. The van der Waals surface area contributed by atoms with Crippen molar-refractivity contribution in [1.29, 1.82) is 0 Å². The average molecular weight is 464 g/mol. The molecule has 1 atom stereocenters. The van der Waals surface area contributed by atoms with Gasteiger partial charge in [0, 0.05) is 33.6 Å². The minimum atomic E-state index is 0.0168. The van der Waals surface area contributed by atoms with E-state index >= 15 is 0 Å². The third kappa shape index (κ3) is 5.47. The number of hydrogen-bond acceptors (Lipinski definition) is 6. The van der Waals surface area contributed by atoms with Crippen LogP contribution in [0.4, 0.5) is 0 Å². The van der Waals surface area contributed by atoms with E-state index in [4.69, 9.17) is 6.11 Å². The minimum Gasteiger partial charge on any atom is -0.497 e. The molecule has 1 aliphatic carbocycles. The Kier molecular flexibility index (Phi) is 7.83. The molecule has 1 saturated heterocycles. The first-order valence-corrected chi connectivity index (χ1v) is 12.2. The highest BCUT2D eigenvalue weighted by Crippen LogP contribution is 2.31. The maximum absolute atomic E-state index is 5.75. The lowest BCUT2D eigenvalue weighted by Crippen LogP contribution is -2.52. The van der Waals surface area contributed by atoms with E-state index in [1.807, 2.05) is 22.9 Å². The van der Waals surface area contributed by atoms with Gasteiger partial charge in [0.05, 0.1) is 19.7 Å². The van der Waals surface area contributed by atoms with Crippen molar-refractivity contribution in [3.63, 3.8) is 0 Å². The first-order chi connectivity index (χ1) is 17.3. The molecular weight excluding hydrogens is 424 g/mol. The molecule has 0 bridgehead atoms. The lowest BCUT2D eigenvalue weighted by molar-refractivity contribution is 0.0620. The molecule has 1 aromatic heterocycles. The molecular formula is C27H38N6O. The molecule has 1 unspecified atom stereocenters. The first-order valence-electron chi connectivity index (χ1n) is 13.2. The van der Waals surface area contributed by atoms with E-state index in [0.29, 0.717) is 6.54 Å². The molecule has 2 aromatic carbocycles. The third-order valence-electron chi connectivity index (χ3n) is 7.22. The van der Waals surface area contributed by atoms with Crippen LogP contribution in [0.5, 0.6) is 5.75 Å². The Morgan fingerprint density at radius 2 is 1.68 bits per heavy atom. The van der Waals surface area contributed by atoms with Crippen LogP contribution in [0.1, 0.15) is 63.9 Å². The number of nitrogens with zero attached hydrogens (tertiary/aromatic N) is 6. The molecule has 0 spiro atoms. The average Bonchev–Trinajstić information content (AvgIpc) is 3.39. The Morgan fingerprint density at radius 1 is 0.971 bits per heavy atom. The number of rotatable bonds is 7. The largest absolute Gasteiger partial charge is 0.497 e. The molecule has 2 heterocycles. The molecule has 1 saturated carbocycles. The van der Waals surface area contributed by atoms with Crippen LogP contribution < -0.4 is 4.74 Å². The van der Waals surface area contributed by atoms with E-state index in [2.05, 4.69) is 61.7 Å². The second-order valence-corrected chi connectivity index (χ2v) is 9.22. The fourth-order valence-electron chi connectivity index (χ4n) is 5.39. The number of piperazine rings is 1. The zero-order valence-electron chi connectivity index (χ0n) is 21.5. The molecule has 0 amide bonds. The van der Waals surface area contributed by atoms with Crippen LogP contribution >= 0.6 is 0 Å². The van der Waals surface area contributed by atoms with Gasteiger partial charge in [-0.1, -0.05) is 69.1 Å². The van der Waals surface area contributed by atoms with Crippen LogP contribution in [0.3, 0.4) is 0 Å². The smallest absolute Gasteiger partial charge is 0.173 e. The van der Waals surface area contributed by atoms with Gasteiger partial charge in [-0.2, -0.15) is 0 Å². The quantitative estimate of drug-likeness (QED) is 0.517. The van der Waals surface area contributed by atoms with Crippen molar-refractivity contribution in [3.05, 3.63) is 71.5 Å². The monoisotopic (exact) mass is 463 g/mol. The highest BCUT2D eigenvalue weighted by atomic mass is 16.5. The number of benzene rings is 2. The predicted octanol–water partition coefficient (Wildman–Crippen LogP) is 4.41. The van der Waals surface area contributed by atoms with Crippen molar-refractivity contribution in [2.75, 3.05) is 33.3 Å². The van der Waals surface area contributed by atoms with Crippen LogP contribution in [0, 0.1) is 0 Å². The summed E-state index contributed by atoms with van der Waals surface area (Å²) in [6.07, 6.45) is 6.88. The molecule has 7 nitrogen and oxygen atoms in total. The van der Waals surface area contributed by atoms with Gasteiger partial charge in [0.25, 0.3) is 0 Å². The molecule has 0 radical (unpaired) electrons. The van der Waals surface area contributed by atoms with Crippen molar-refractivity contribution >= 4 is 0 Å². The standard InChI is InChI=1S/C26H34N6O.CH4/c1-33-24-14-12-22(13-15-24)25(26-27-28-29-32(26)20-21-8-4-2-5-9-21)31-18-16-30(17-19-31)23-10-6-3-7-11-23;/h2,4-5,8-9,12-15,23,25H,3,6-7,10-11,16-20H2,1H3;1H4/i;1D. The van der Waals surface area contributed by atoms with Crippen molar-refractivity contribution in [2.24, 2.45) is 0 Å². The number of methoxy groups -OCH3 is 1. The second kappa shape index (κ2) is 11.6. The van der Waals surface area contributed by atoms with E-state index in [1.54, 1.807) is 7.11 Å². The molecule has 34 heavy (non-hydrogen) atoms. The fraction of sp³-hybridized carbons (Fsp3) is 0.519. The van der Waals surface area contributed by atoms with Crippen LogP contribution in [0.25, 0.3) is 0 Å². The Bertz CT molecular complexity index is 998. The summed E-state index contributed by atoms with van der Waals surface area (Å²) < 4.78 is 13.1. The van der Waals surface area contributed by atoms with Gasteiger partial charge in [0.1, 0.15) is 5.75 Å². The lowest BCUT2D eigenvalue weighted by atomic mass is 9.93. The number of aromatic nitrogens is 4. The third-order valence-corrected chi connectivity index (χ3v) is 7.22. The second-order valence-electron chi connectivity index (χ2n) is 9.22. The normalized spacial score (nSPS) is 19.1. The zero-order chi connectivity index (χ0) is 24.5.